The van der Waals surface area contributed by atoms with Crippen molar-refractivity contribution in [3.05, 3.63) is 29.3 Å². The summed E-state index contributed by atoms with van der Waals surface area (Å²) in [4.78, 5) is 15.2. The van der Waals surface area contributed by atoms with E-state index in [0.717, 1.165) is 12.1 Å². The summed E-state index contributed by atoms with van der Waals surface area (Å²) in [6, 6.07) is 3.63. The molecule has 38 heavy (non-hydrogen) atoms. The molecule has 3 fully saturated rings. The van der Waals surface area contributed by atoms with Gasteiger partial charge in [-0.2, -0.15) is 21.6 Å². The maximum atomic E-state index is 13.6. The van der Waals surface area contributed by atoms with Crippen LogP contribution in [0.3, 0.4) is 0 Å². The molecule has 0 aromatic heterocycles. The molecule has 1 aliphatic carbocycles. The monoisotopic (exact) mass is 559 g/mol. The van der Waals surface area contributed by atoms with Gasteiger partial charge < -0.3 is 27.7 Å². The fraction of sp³-hybridized carbons (Fsp3) is 0.696. The van der Waals surface area contributed by atoms with E-state index in [4.69, 9.17) is 18.6 Å². The van der Waals surface area contributed by atoms with Gasteiger partial charge in [-0.25, -0.2) is 0 Å². The first kappa shape index (κ1) is 27.8. The van der Waals surface area contributed by atoms with E-state index < -0.39 is 69.2 Å². The topological polar surface area (TPSA) is 101 Å². The first-order valence-electron chi connectivity index (χ1n) is 12.3. The van der Waals surface area contributed by atoms with Crippen LogP contribution in [0.2, 0.25) is 0 Å². The van der Waals surface area contributed by atoms with Crippen LogP contribution in [0.15, 0.2) is 18.2 Å². The van der Waals surface area contributed by atoms with Crippen molar-refractivity contribution < 1.29 is 49.2 Å². The molecule has 208 valence electrons. The van der Waals surface area contributed by atoms with Crippen molar-refractivity contribution in [2.75, 3.05) is 6.54 Å². The van der Waals surface area contributed by atoms with Gasteiger partial charge in [0.15, 0.2) is 0 Å². The molecule has 1 saturated carbocycles. The van der Waals surface area contributed by atoms with Crippen LogP contribution in [0.25, 0.3) is 0 Å². The molecule has 0 radical (unpaired) electrons. The van der Waals surface area contributed by atoms with Gasteiger partial charge >= 0.3 is 29.6 Å². The van der Waals surface area contributed by atoms with Crippen LogP contribution >= 0.6 is 0 Å². The van der Waals surface area contributed by atoms with Gasteiger partial charge in [0.25, 0.3) is 5.91 Å². The highest BCUT2D eigenvalue weighted by Crippen LogP contribution is 2.58. The lowest BCUT2D eigenvalue weighted by Crippen LogP contribution is -2.55. The van der Waals surface area contributed by atoms with Crippen LogP contribution in [-0.2, 0) is 34.3 Å². The Morgan fingerprint density at radius 2 is 1.45 bits per heavy atom. The molecule has 2 saturated heterocycles. The maximum absolute atomic E-state index is 13.6. The summed E-state index contributed by atoms with van der Waals surface area (Å²) >= 11 is 0. The normalized spacial score (nSPS) is 28.8. The lowest BCUT2D eigenvalue weighted by atomic mass is 9.49. The van der Waals surface area contributed by atoms with Gasteiger partial charge in [0, 0.05) is 5.56 Å². The number of nitrogens with zero attached hydrogens (tertiary/aromatic N) is 1. The molecular weight excluding hydrogens is 529 g/mol. The number of halogens is 3. The van der Waals surface area contributed by atoms with Crippen molar-refractivity contribution in [2.24, 2.45) is 0 Å². The summed E-state index contributed by atoms with van der Waals surface area (Å²) in [7, 11) is -7.53. The zero-order chi connectivity index (χ0) is 28.3. The third kappa shape index (κ3) is 3.99. The summed E-state index contributed by atoms with van der Waals surface area (Å²) in [5.74, 6) is -1.04. The molecule has 0 N–H and O–H groups in total. The molecule has 3 aliphatic heterocycles. The number of benzene rings is 1. The predicted molar refractivity (Wildman–Crippen MR) is 130 cm³/mol. The van der Waals surface area contributed by atoms with Gasteiger partial charge in [0.2, 0.25) is 0 Å². The molecule has 5 rings (SSSR count). The second-order valence-electron chi connectivity index (χ2n) is 12.1. The van der Waals surface area contributed by atoms with E-state index >= 15 is 0 Å². The summed E-state index contributed by atoms with van der Waals surface area (Å²) in [5, 5.41) is 0. The van der Waals surface area contributed by atoms with Crippen molar-refractivity contribution in [3.8, 4) is 5.75 Å². The zero-order valence-corrected chi connectivity index (χ0v) is 23.1. The molecule has 3 heterocycles. The summed E-state index contributed by atoms with van der Waals surface area (Å²) in [5.41, 5.74) is -8.61. The Bertz CT molecular complexity index is 1280. The van der Waals surface area contributed by atoms with Crippen LogP contribution in [0.1, 0.15) is 77.2 Å². The number of hydrogen-bond acceptors (Lipinski definition) is 8. The highest BCUT2D eigenvalue weighted by atomic mass is 32.2. The van der Waals surface area contributed by atoms with Crippen molar-refractivity contribution >= 4 is 30.0 Å². The van der Waals surface area contributed by atoms with Crippen molar-refractivity contribution in [2.45, 2.75) is 94.8 Å². The van der Waals surface area contributed by atoms with E-state index in [1.165, 1.54) is 6.07 Å². The lowest BCUT2D eigenvalue weighted by Gasteiger charge is -2.41. The minimum absolute atomic E-state index is 0.0974. The molecule has 15 heteroatoms. The fourth-order valence-electron chi connectivity index (χ4n) is 5.18. The average molecular weight is 559 g/mol. The number of carbonyl (C=O) groups excluding carboxylic acids is 1. The van der Waals surface area contributed by atoms with Gasteiger partial charge in [0.05, 0.1) is 34.5 Å². The smallest absolute Gasteiger partial charge is 0.405 e. The van der Waals surface area contributed by atoms with Crippen molar-refractivity contribution in [1.82, 2.24) is 4.90 Å². The Labute approximate surface area is 220 Å². The molecule has 1 atom stereocenters. The zero-order valence-electron chi connectivity index (χ0n) is 22.3. The van der Waals surface area contributed by atoms with Crippen molar-refractivity contribution in [1.29, 1.82) is 0 Å². The van der Waals surface area contributed by atoms with Gasteiger partial charge in [0.1, 0.15) is 5.75 Å². The second-order valence-corrected chi connectivity index (χ2v) is 13.6. The molecule has 1 aromatic rings. The maximum Gasteiger partial charge on any atom is 0.534 e. The van der Waals surface area contributed by atoms with Crippen molar-refractivity contribution in [3.63, 3.8) is 0 Å². The molecular formula is C23H30B2F3NO8S. The Morgan fingerprint density at radius 1 is 0.921 bits per heavy atom. The van der Waals surface area contributed by atoms with E-state index in [1.54, 1.807) is 4.90 Å². The molecule has 1 unspecified atom stereocenters. The highest BCUT2D eigenvalue weighted by molar-refractivity contribution is 7.88. The summed E-state index contributed by atoms with van der Waals surface area (Å²) in [6.07, 6.45) is 1.29. The number of fused-ring (bicyclic) bond motifs is 2. The molecule has 1 amide bonds. The first-order chi connectivity index (χ1) is 17.1. The molecule has 1 aromatic carbocycles. The largest absolute Gasteiger partial charge is 0.534 e. The molecule has 9 nitrogen and oxygen atoms in total. The Hall–Kier alpha value is -1.80. The molecule has 0 bridgehead atoms. The van der Waals surface area contributed by atoms with Crippen LogP contribution in [-0.4, -0.2) is 67.7 Å². The van der Waals surface area contributed by atoms with Crippen LogP contribution in [0.4, 0.5) is 13.2 Å². The van der Waals surface area contributed by atoms with Gasteiger partial charge in [-0.15, -0.1) is 0 Å². The second kappa shape index (κ2) is 7.90. The van der Waals surface area contributed by atoms with E-state index in [0.29, 0.717) is 18.4 Å². The summed E-state index contributed by atoms with van der Waals surface area (Å²) < 4.78 is 90.5. The quantitative estimate of drug-likeness (QED) is 0.307. The standard InChI is InChI=1S/C23H30B2F3NO8S/c1-18(2)19(3,4)35-24(34-18)25-36-20(5,6)21(7,37-25)13-29-17(30)15-12-14(33-38(31,32)23(26,27)28)8-9-16(15)22(29)10-11-22/h8-9,12H,10-11,13H2,1-7H3. The van der Waals surface area contributed by atoms with E-state index in [-0.39, 0.29) is 12.1 Å². The van der Waals surface area contributed by atoms with Gasteiger partial charge in [-0.1, -0.05) is 6.07 Å². The van der Waals surface area contributed by atoms with Gasteiger partial charge in [-0.3, -0.25) is 4.79 Å². The number of rotatable bonds is 5. The minimum atomic E-state index is -5.87. The SMILES string of the molecule is CC1(C)OB(B2OC(C)(C)C(C)(CN3C(=O)c4cc(OS(=O)(=O)C(F)(F)F)ccc4C34CC4)O2)OC1(C)C. The van der Waals surface area contributed by atoms with Crippen LogP contribution in [0.5, 0.6) is 5.75 Å². The van der Waals surface area contributed by atoms with Gasteiger partial charge in [-0.05, 0) is 79.0 Å². The average Bonchev–Trinajstić information content (AvgIpc) is 3.41. The number of carbonyl (C=O) groups is 1. The first-order valence-corrected chi connectivity index (χ1v) is 13.7. The lowest BCUT2D eigenvalue weighted by molar-refractivity contribution is -0.0500. The van der Waals surface area contributed by atoms with E-state index in [1.807, 2.05) is 48.5 Å². The fourth-order valence-corrected chi connectivity index (χ4v) is 5.63. The predicted octanol–water partition coefficient (Wildman–Crippen LogP) is 3.60. The van der Waals surface area contributed by atoms with E-state index in [9.17, 15) is 26.4 Å². The third-order valence-electron chi connectivity index (χ3n) is 8.71. The number of amides is 1. The Balaban J connectivity index is 1.39. The van der Waals surface area contributed by atoms with Crippen LogP contribution in [0, 0.1) is 0 Å². The Kier molecular flexibility index (Phi) is 5.77. The third-order valence-corrected chi connectivity index (χ3v) is 9.69. The number of alkyl halides is 3. The minimum Gasteiger partial charge on any atom is -0.405 e. The van der Waals surface area contributed by atoms with Crippen LogP contribution < -0.4 is 4.18 Å². The number of hydrogen-bond donors (Lipinski definition) is 0. The molecule has 4 aliphatic rings. The summed E-state index contributed by atoms with van der Waals surface area (Å²) in [6.45, 7) is 13.3. The molecule has 1 spiro atoms. The highest BCUT2D eigenvalue weighted by Gasteiger charge is 2.67. The Morgan fingerprint density at radius 3 is 1.97 bits per heavy atom. The van der Waals surface area contributed by atoms with E-state index in [2.05, 4.69) is 4.18 Å².